The molecule has 4 nitrogen and oxygen atoms in total. The van der Waals surface area contributed by atoms with Crippen LogP contribution in [-0.2, 0) is 0 Å². The molecule has 1 amide bonds. The summed E-state index contributed by atoms with van der Waals surface area (Å²) in [5.41, 5.74) is 1.45. The number of hydrogen-bond donors (Lipinski definition) is 2. The third kappa shape index (κ3) is 3.65. The van der Waals surface area contributed by atoms with E-state index in [9.17, 15) is 4.79 Å². The Hall–Kier alpha value is -1.72. The van der Waals surface area contributed by atoms with Gasteiger partial charge in [-0.15, -0.1) is 0 Å². The predicted molar refractivity (Wildman–Crippen MR) is 80.3 cm³/mol. The maximum Gasteiger partial charge on any atom is 0.254 e. The number of carbonyl (C=O) groups is 1. The first-order valence-electron chi connectivity index (χ1n) is 6.29. The van der Waals surface area contributed by atoms with Gasteiger partial charge in [-0.05, 0) is 40.0 Å². The molecule has 0 aliphatic carbocycles. The van der Waals surface area contributed by atoms with Crippen LogP contribution in [0.25, 0.3) is 0 Å². The lowest BCUT2D eigenvalue weighted by molar-refractivity contribution is 0.0928. The fraction of sp³-hybridized carbons (Fsp3) is 0.200. The summed E-state index contributed by atoms with van der Waals surface area (Å²) in [6.45, 7) is 0.00799. The van der Waals surface area contributed by atoms with E-state index >= 15 is 0 Å². The van der Waals surface area contributed by atoms with E-state index in [1.807, 2.05) is 30.3 Å². The van der Waals surface area contributed by atoms with Crippen LogP contribution in [0.2, 0.25) is 0 Å². The first kappa shape index (κ1) is 14.7. The molecule has 0 bridgehead atoms. The minimum absolute atomic E-state index is 0.00799. The second-order valence-corrected chi connectivity index (χ2v) is 5.04. The van der Waals surface area contributed by atoms with Crippen molar-refractivity contribution < 1.29 is 9.90 Å². The molecule has 0 radical (unpaired) electrons. The number of rotatable bonds is 5. The molecule has 2 aromatic rings. The highest BCUT2D eigenvalue weighted by Gasteiger charge is 2.17. The lowest BCUT2D eigenvalue weighted by atomic mass is 10.0. The first-order valence-corrected chi connectivity index (χ1v) is 7.09. The van der Waals surface area contributed by atoms with Crippen molar-refractivity contribution in [1.82, 2.24) is 10.3 Å². The van der Waals surface area contributed by atoms with E-state index in [0.29, 0.717) is 16.6 Å². The van der Waals surface area contributed by atoms with E-state index in [1.165, 1.54) is 0 Å². The molecule has 2 rings (SSSR count). The maximum absolute atomic E-state index is 12.3. The average Bonchev–Trinajstić information content (AvgIpc) is 2.48. The molecule has 1 unspecified atom stereocenters. The number of hydrogen-bond acceptors (Lipinski definition) is 3. The number of carbonyl (C=O) groups excluding carboxylic acids is 1. The van der Waals surface area contributed by atoms with Crippen molar-refractivity contribution in [3.05, 3.63) is 64.4 Å². The third-order valence-corrected chi connectivity index (χ3v) is 3.56. The standard InChI is InChI=1S/C15H15BrN2O2/c16-14-12(7-4-9-17-14)15(20)18-13(8-10-19)11-5-2-1-3-6-11/h1-7,9,13,19H,8,10H2,(H,18,20). The normalized spacial score (nSPS) is 11.9. The second kappa shape index (κ2) is 7.17. The van der Waals surface area contributed by atoms with E-state index < -0.39 is 0 Å². The smallest absolute Gasteiger partial charge is 0.254 e. The van der Waals surface area contributed by atoms with Gasteiger partial charge in [-0.2, -0.15) is 0 Å². The van der Waals surface area contributed by atoms with Gasteiger partial charge in [-0.3, -0.25) is 4.79 Å². The molecule has 1 atom stereocenters. The third-order valence-electron chi connectivity index (χ3n) is 2.93. The van der Waals surface area contributed by atoms with Crippen LogP contribution < -0.4 is 5.32 Å². The SMILES string of the molecule is O=C(NC(CCO)c1ccccc1)c1cccnc1Br. The molecule has 0 saturated carbocycles. The molecule has 0 fully saturated rings. The van der Waals surface area contributed by atoms with E-state index in [2.05, 4.69) is 26.2 Å². The van der Waals surface area contributed by atoms with Gasteiger partial charge in [-0.25, -0.2) is 4.98 Å². The number of pyridine rings is 1. The number of benzene rings is 1. The summed E-state index contributed by atoms with van der Waals surface area (Å²) < 4.78 is 0.508. The van der Waals surface area contributed by atoms with Crippen molar-refractivity contribution in [2.45, 2.75) is 12.5 Å². The molecule has 0 aliphatic rings. The summed E-state index contributed by atoms with van der Waals surface area (Å²) in [7, 11) is 0. The monoisotopic (exact) mass is 334 g/mol. The van der Waals surface area contributed by atoms with Crippen LogP contribution in [0.5, 0.6) is 0 Å². The van der Waals surface area contributed by atoms with Gasteiger partial charge in [0.2, 0.25) is 0 Å². The predicted octanol–water partition coefficient (Wildman–Crippen LogP) is 2.70. The van der Waals surface area contributed by atoms with E-state index in [4.69, 9.17) is 5.11 Å². The Morgan fingerprint density at radius 2 is 2.00 bits per heavy atom. The lowest BCUT2D eigenvalue weighted by Crippen LogP contribution is -2.29. The topological polar surface area (TPSA) is 62.2 Å². The summed E-state index contributed by atoms with van der Waals surface area (Å²) in [5.74, 6) is -0.215. The van der Waals surface area contributed by atoms with Crippen LogP contribution in [0.15, 0.2) is 53.3 Å². The van der Waals surface area contributed by atoms with Crippen LogP contribution in [0.4, 0.5) is 0 Å². The van der Waals surface area contributed by atoms with Crippen molar-refractivity contribution in [2.75, 3.05) is 6.61 Å². The Morgan fingerprint density at radius 3 is 2.65 bits per heavy atom. The second-order valence-electron chi connectivity index (χ2n) is 4.29. The van der Waals surface area contributed by atoms with Crippen LogP contribution in [0, 0.1) is 0 Å². The van der Waals surface area contributed by atoms with Crippen LogP contribution in [-0.4, -0.2) is 22.6 Å². The molecular weight excluding hydrogens is 320 g/mol. The fourth-order valence-electron chi connectivity index (χ4n) is 1.93. The number of amides is 1. The minimum Gasteiger partial charge on any atom is -0.396 e. The Labute approximate surface area is 126 Å². The Morgan fingerprint density at radius 1 is 1.25 bits per heavy atom. The van der Waals surface area contributed by atoms with Gasteiger partial charge in [-0.1, -0.05) is 30.3 Å². The zero-order valence-corrected chi connectivity index (χ0v) is 12.4. The van der Waals surface area contributed by atoms with Crippen molar-refractivity contribution in [2.24, 2.45) is 0 Å². The van der Waals surface area contributed by atoms with Gasteiger partial charge in [0.1, 0.15) is 4.60 Å². The largest absolute Gasteiger partial charge is 0.396 e. The average molecular weight is 335 g/mol. The van der Waals surface area contributed by atoms with Crippen LogP contribution in [0.1, 0.15) is 28.4 Å². The molecule has 20 heavy (non-hydrogen) atoms. The maximum atomic E-state index is 12.3. The van der Waals surface area contributed by atoms with Gasteiger partial charge in [0.15, 0.2) is 0 Å². The Bertz CT molecular complexity index is 575. The number of aliphatic hydroxyl groups excluding tert-OH is 1. The van der Waals surface area contributed by atoms with Gasteiger partial charge >= 0.3 is 0 Å². The van der Waals surface area contributed by atoms with Crippen molar-refractivity contribution in [3.8, 4) is 0 Å². The molecule has 1 aromatic heterocycles. The zero-order valence-electron chi connectivity index (χ0n) is 10.8. The van der Waals surface area contributed by atoms with E-state index in [0.717, 1.165) is 5.56 Å². The lowest BCUT2D eigenvalue weighted by Gasteiger charge is -2.18. The van der Waals surface area contributed by atoms with Crippen molar-refractivity contribution in [1.29, 1.82) is 0 Å². The Balaban J connectivity index is 2.17. The number of aromatic nitrogens is 1. The van der Waals surface area contributed by atoms with Crippen molar-refractivity contribution >= 4 is 21.8 Å². The zero-order chi connectivity index (χ0) is 14.4. The quantitative estimate of drug-likeness (QED) is 0.826. The molecule has 0 aliphatic heterocycles. The van der Waals surface area contributed by atoms with Gasteiger partial charge < -0.3 is 10.4 Å². The summed E-state index contributed by atoms with van der Waals surface area (Å²) in [6, 6.07) is 12.8. The molecule has 2 N–H and O–H groups in total. The van der Waals surface area contributed by atoms with Gasteiger partial charge in [0.25, 0.3) is 5.91 Å². The number of nitrogens with zero attached hydrogens (tertiary/aromatic N) is 1. The number of halogens is 1. The number of nitrogens with one attached hydrogen (secondary N) is 1. The summed E-state index contributed by atoms with van der Waals surface area (Å²) in [4.78, 5) is 16.3. The summed E-state index contributed by atoms with van der Waals surface area (Å²) in [5, 5.41) is 12.1. The molecule has 0 spiro atoms. The van der Waals surface area contributed by atoms with Gasteiger partial charge in [0, 0.05) is 12.8 Å². The molecule has 1 aromatic carbocycles. The van der Waals surface area contributed by atoms with E-state index in [1.54, 1.807) is 18.3 Å². The highest BCUT2D eigenvalue weighted by molar-refractivity contribution is 9.10. The summed E-state index contributed by atoms with van der Waals surface area (Å²) >= 11 is 3.26. The summed E-state index contributed by atoms with van der Waals surface area (Å²) in [6.07, 6.45) is 2.08. The van der Waals surface area contributed by atoms with Gasteiger partial charge in [0.05, 0.1) is 11.6 Å². The molecule has 104 valence electrons. The highest BCUT2D eigenvalue weighted by Crippen LogP contribution is 2.18. The fourth-order valence-corrected chi connectivity index (χ4v) is 2.36. The molecule has 0 saturated heterocycles. The van der Waals surface area contributed by atoms with Crippen LogP contribution in [0.3, 0.4) is 0 Å². The van der Waals surface area contributed by atoms with Crippen molar-refractivity contribution in [3.63, 3.8) is 0 Å². The van der Waals surface area contributed by atoms with E-state index in [-0.39, 0.29) is 18.6 Å². The number of aliphatic hydroxyl groups is 1. The first-order chi connectivity index (χ1) is 9.72. The Kier molecular flexibility index (Phi) is 5.26. The highest BCUT2D eigenvalue weighted by atomic mass is 79.9. The molecule has 1 heterocycles. The molecule has 5 heteroatoms. The molecular formula is C15H15BrN2O2. The minimum atomic E-state index is -0.221. The van der Waals surface area contributed by atoms with Crippen LogP contribution >= 0.6 is 15.9 Å².